The highest BCUT2D eigenvalue weighted by Gasteiger charge is 2.31. The molecule has 1 fully saturated rings. The van der Waals surface area contributed by atoms with E-state index in [2.05, 4.69) is 26.5 Å². The summed E-state index contributed by atoms with van der Waals surface area (Å²) >= 11 is 0. The average molecular weight is 456 g/mol. The van der Waals surface area contributed by atoms with Gasteiger partial charge < -0.3 is 14.9 Å². The number of aromatic hydroxyl groups is 1. The maximum Gasteiger partial charge on any atom is 0.325 e. The average Bonchev–Trinajstić information content (AvgIpc) is 2.75. The molecule has 1 aliphatic heterocycles. The molecule has 2 N–H and O–H groups in total. The summed E-state index contributed by atoms with van der Waals surface area (Å²) < 4.78 is 5.96. The molecule has 5 heteroatoms. The number of benzene rings is 1. The molecule has 2 atom stereocenters. The van der Waals surface area contributed by atoms with Gasteiger partial charge in [-0.3, -0.25) is 9.69 Å². The molecule has 1 aromatic carbocycles. The molecule has 0 spiro atoms. The second-order valence-corrected chi connectivity index (χ2v) is 10.00. The molecule has 1 heterocycles. The van der Waals surface area contributed by atoms with E-state index in [0.29, 0.717) is 37.2 Å². The van der Waals surface area contributed by atoms with Gasteiger partial charge in [-0.1, -0.05) is 43.6 Å². The second-order valence-electron chi connectivity index (χ2n) is 10.00. The highest BCUT2D eigenvalue weighted by Crippen LogP contribution is 2.47. The summed E-state index contributed by atoms with van der Waals surface area (Å²) in [7, 11) is 0. The molecule has 0 bridgehead atoms. The third-order valence-corrected chi connectivity index (χ3v) is 7.10. The molecule has 3 rings (SSSR count). The number of hydrogen-bond donors (Lipinski definition) is 2. The molecule has 0 unspecified atom stereocenters. The lowest BCUT2D eigenvalue weighted by molar-refractivity contribution is -0.136. The molecule has 1 aliphatic carbocycles. The van der Waals surface area contributed by atoms with E-state index in [4.69, 9.17) is 4.74 Å². The maximum absolute atomic E-state index is 12.9. The van der Waals surface area contributed by atoms with Crippen LogP contribution in [0.3, 0.4) is 0 Å². The number of unbranched alkanes of at least 4 members (excludes halogenated alkanes) is 2. The summed E-state index contributed by atoms with van der Waals surface area (Å²) in [5.41, 5.74) is 4.06. The number of phenolic OH excluding ortho intramolecular Hbond substituents is 1. The van der Waals surface area contributed by atoms with Gasteiger partial charge in [0.05, 0.1) is 12.6 Å². The zero-order valence-electron chi connectivity index (χ0n) is 20.6. The van der Waals surface area contributed by atoms with Gasteiger partial charge in [-0.15, -0.1) is 0 Å². The van der Waals surface area contributed by atoms with Crippen LogP contribution in [0.2, 0.25) is 0 Å². The molecule has 33 heavy (non-hydrogen) atoms. The summed E-state index contributed by atoms with van der Waals surface area (Å²) in [6.07, 6.45) is 9.42. The van der Waals surface area contributed by atoms with Crippen LogP contribution in [0.25, 0.3) is 0 Å². The molecule has 0 aromatic heterocycles. The number of carbonyl (C=O) groups excluding carboxylic acids is 1. The van der Waals surface area contributed by atoms with E-state index in [9.17, 15) is 15.0 Å². The van der Waals surface area contributed by atoms with Gasteiger partial charge in [-0.05, 0) is 76.0 Å². The Bertz CT molecular complexity index is 867. The standard InChI is InChI=1S/C28H41NO4/c1-5-6-7-8-21-16-25(31)28(24-15-20(4)9-10-23(24)19(2)3)26(17-21)33-27(32)18-29-13-11-22(30)12-14-29/h15-17,22-24,30-31H,2,5-14,18H2,1,3-4H3/t23-,24+/m0/s1. The van der Waals surface area contributed by atoms with Crippen molar-refractivity contribution in [3.63, 3.8) is 0 Å². The predicted octanol–water partition coefficient (Wildman–Crippen LogP) is 5.50. The van der Waals surface area contributed by atoms with Crippen LogP contribution < -0.4 is 4.74 Å². The van der Waals surface area contributed by atoms with Crippen molar-refractivity contribution in [3.05, 3.63) is 47.1 Å². The smallest absolute Gasteiger partial charge is 0.325 e. The first-order valence-corrected chi connectivity index (χ1v) is 12.6. The highest BCUT2D eigenvalue weighted by molar-refractivity contribution is 5.75. The van der Waals surface area contributed by atoms with Crippen molar-refractivity contribution in [1.82, 2.24) is 4.90 Å². The molecule has 2 aliphatic rings. The van der Waals surface area contributed by atoms with E-state index in [-0.39, 0.29) is 36.2 Å². The maximum atomic E-state index is 12.9. The first-order valence-electron chi connectivity index (χ1n) is 12.6. The summed E-state index contributed by atoms with van der Waals surface area (Å²) in [6.45, 7) is 12.1. The number of aliphatic hydroxyl groups excluding tert-OH is 1. The number of likely N-dealkylation sites (tertiary alicyclic amines) is 1. The van der Waals surface area contributed by atoms with Crippen LogP contribution in [0.5, 0.6) is 11.5 Å². The van der Waals surface area contributed by atoms with Crippen LogP contribution >= 0.6 is 0 Å². The Morgan fingerprint density at radius 3 is 2.61 bits per heavy atom. The van der Waals surface area contributed by atoms with Crippen molar-refractivity contribution in [2.75, 3.05) is 19.6 Å². The Morgan fingerprint density at radius 1 is 1.21 bits per heavy atom. The van der Waals surface area contributed by atoms with E-state index >= 15 is 0 Å². The van der Waals surface area contributed by atoms with E-state index in [0.717, 1.165) is 49.7 Å². The topological polar surface area (TPSA) is 70.0 Å². The van der Waals surface area contributed by atoms with Crippen molar-refractivity contribution in [2.24, 2.45) is 5.92 Å². The van der Waals surface area contributed by atoms with Gasteiger partial charge in [0.1, 0.15) is 11.5 Å². The third-order valence-electron chi connectivity index (χ3n) is 7.10. The van der Waals surface area contributed by atoms with Crippen molar-refractivity contribution in [3.8, 4) is 11.5 Å². The van der Waals surface area contributed by atoms with E-state index in [1.165, 1.54) is 5.57 Å². The number of aryl methyl sites for hydroxylation is 1. The predicted molar refractivity (Wildman–Crippen MR) is 133 cm³/mol. The second kappa shape index (κ2) is 11.8. The lowest BCUT2D eigenvalue weighted by Gasteiger charge is -2.32. The molecule has 182 valence electrons. The zero-order chi connectivity index (χ0) is 24.0. The monoisotopic (exact) mass is 455 g/mol. The number of carbonyl (C=O) groups is 1. The van der Waals surface area contributed by atoms with Gasteiger partial charge in [0, 0.05) is 24.6 Å². The normalized spacial score (nSPS) is 22.1. The number of aliphatic hydroxyl groups is 1. The van der Waals surface area contributed by atoms with Gasteiger partial charge >= 0.3 is 5.97 Å². The minimum Gasteiger partial charge on any atom is -0.507 e. The Labute approximate surface area is 199 Å². The molecule has 0 radical (unpaired) electrons. The van der Waals surface area contributed by atoms with Crippen LogP contribution in [0.4, 0.5) is 0 Å². The lowest BCUT2D eigenvalue weighted by Crippen LogP contribution is -2.40. The van der Waals surface area contributed by atoms with Gasteiger partial charge in [-0.25, -0.2) is 0 Å². The van der Waals surface area contributed by atoms with Crippen LogP contribution in [-0.2, 0) is 11.2 Å². The first-order chi connectivity index (χ1) is 15.8. The Balaban J connectivity index is 1.90. The number of rotatable bonds is 9. The lowest BCUT2D eigenvalue weighted by atomic mass is 9.73. The molecular weight excluding hydrogens is 414 g/mol. The van der Waals surface area contributed by atoms with Crippen LogP contribution in [-0.4, -0.2) is 46.8 Å². The van der Waals surface area contributed by atoms with Gasteiger partial charge in [0.15, 0.2) is 0 Å². The number of phenols is 1. The number of esters is 1. The summed E-state index contributed by atoms with van der Waals surface area (Å²) in [5, 5.41) is 20.9. The fourth-order valence-corrected chi connectivity index (χ4v) is 5.13. The Kier molecular flexibility index (Phi) is 9.16. The highest BCUT2D eigenvalue weighted by atomic mass is 16.5. The third kappa shape index (κ3) is 6.94. The minimum atomic E-state index is -0.318. The van der Waals surface area contributed by atoms with Crippen molar-refractivity contribution >= 4 is 5.97 Å². The summed E-state index contributed by atoms with van der Waals surface area (Å²) in [6, 6.07) is 3.80. The number of piperidine rings is 1. The molecule has 0 amide bonds. The molecular formula is C28H41NO4. The first kappa shape index (κ1) is 25.5. The van der Waals surface area contributed by atoms with Crippen molar-refractivity contribution in [1.29, 1.82) is 0 Å². The van der Waals surface area contributed by atoms with Crippen LogP contribution in [0, 0.1) is 5.92 Å². The van der Waals surface area contributed by atoms with Crippen LogP contribution in [0.1, 0.15) is 82.8 Å². The van der Waals surface area contributed by atoms with E-state index < -0.39 is 0 Å². The Morgan fingerprint density at radius 2 is 1.94 bits per heavy atom. The zero-order valence-corrected chi connectivity index (χ0v) is 20.6. The number of hydrogen-bond acceptors (Lipinski definition) is 5. The van der Waals surface area contributed by atoms with Crippen LogP contribution in [0.15, 0.2) is 35.9 Å². The largest absolute Gasteiger partial charge is 0.507 e. The van der Waals surface area contributed by atoms with Crippen molar-refractivity contribution < 1.29 is 19.7 Å². The molecule has 1 saturated heterocycles. The number of allylic oxidation sites excluding steroid dienone is 3. The van der Waals surface area contributed by atoms with Gasteiger partial charge in [0.25, 0.3) is 0 Å². The van der Waals surface area contributed by atoms with Gasteiger partial charge in [0.2, 0.25) is 0 Å². The van der Waals surface area contributed by atoms with E-state index in [1.807, 2.05) is 24.0 Å². The molecule has 0 saturated carbocycles. The number of ether oxygens (including phenoxy) is 1. The SMILES string of the molecule is C=C(C)[C@@H]1CCC(C)=C[C@H]1c1c(O)cc(CCCCC)cc1OC(=O)CN1CCC(O)CC1. The summed E-state index contributed by atoms with van der Waals surface area (Å²) in [4.78, 5) is 14.9. The Hall–Kier alpha value is -2.11. The fourth-order valence-electron chi connectivity index (χ4n) is 5.13. The minimum absolute atomic E-state index is 0.0612. The quantitative estimate of drug-likeness (QED) is 0.223. The van der Waals surface area contributed by atoms with Crippen molar-refractivity contribution in [2.45, 2.75) is 84.2 Å². The molecule has 5 nitrogen and oxygen atoms in total. The van der Waals surface area contributed by atoms with E-state index in [1.54, 1.807) is 0 Å². The number of nitrogens with zero attached hydrogens (tertiary/aromatic N) is 1. The summed E-state index contributed by atoms with van der Waals surface area (Å²) in [5.74, 6) is 0.502. The molecule has 1 aromatic rings. The fraction of sp³-hybridized carbons (Fsp3) is 0.607. The van der Waals surface area contributed by atoms with Gasteiger partial charge in [-0.2, -0.15) is 0 Å².